The zero-order valence-corrected chi connectivity index (χ0v) is 11.2. The Labute approximate surface area is 120 Å². The van der Waals surface area contributed by atoms with Gasteiger partial charge in [0.1, 0.15) is 29.7 Å². The normalized spacial score (nSPS) is 10.3. The molecular weight excluding hydrogens is 281 g/mol. The highest BCUT2D eigenvalue weighted by Gasteiger charge is 2.17. The number of halogens is 2. The van der Waals surface area contributed by atoms with Gasteiger partial charge in [0.05, 0.1) is 7.11 Å². The summed E-state index contributed by atoms with van der Waals surface area (Å²) in [5, 5.41) is 18.6. The van der Waals surface area contributed by atoms with Crippen LogP contribution in [0.2, 0.25) is 0 Å². The molecule has 0 radical (unpaired) electrons. The van der Waals surface area contributed by atoms with Crippen molar-refractivity contribution < 1.29 is 28.3 Å². The quantitative estimate of drug-likeness (QED) is 0.814. The van der Waals surface area contributed by atoms with Crippen molar-refractivity contribution in [1.29, 1.82) is 0 Å². The van der Waals surface area contributed by atoms with Crippen LogP contribution in [0.5, 0.6) is 11.5 Å². The highest BCUT2D eigenvalue weighted by atomic mass is 19.1. The fraction of sp³-hybridized carbons (Fsp3) is 0.143. The Balaban J connectivity index is 2.21. The lowest BCUT2D eigenvalue weighted by atomic mass is 9.77. The summed E-state index contributed by atoms with van der Waals surface area (Å²) in [5.41, 5.74) is 0.668. The van der Waals surface area contributed by atoms with Crippen molar-refractivity contribution >= 4 is 12.6 Å². The molecule has 0 amide bonds. The lowest BCUT2D eigenvalue weighted by molar-refractivity contribution is 0.302. The number of ether oxygens (including phenoxy) is 2. The Morgan fingerprint density at radius 3 is 2.24 bits per heavy atom. The van der Waals surface area contributed by atoms with Crippen molar-refractivity contribution in [2.24, 2.45) is 0 Å². The maximum Gasteiger partial charge on any atom is 0.488 e. The second-order valence-electron chi connectivity index (χ2n) is 4.33. The molecule has 0 aliphatic rings. The van der Waals surface area contributed by atoms with Gasteiger partial charge in [-0.05, 0) is 23.2 Å². The Kier molecular flexibility index (Phi) is 4.77. The average Bonchev–Trinajstić information content (AvgIpc) is 2.43. The average molecular weight is 294 g/mol. The van der Waals surface area contributed by atoms with Gasteiger partial charge in [0.15, 0.2) is 0 Å². The predicted molar refractivity (Wildman–Crippen MR) is 73.5 cm³/mol. The largest absolute Gasteiger partial charge is 0.497 e. The first-order valence-electron chi connectivity index (χ1n) is 6.11. The minimum Gasteiger partial charge on any atom is -0.497 e. The zero-order chi connectivity index (χ0) is 15.4. The molecule has 0 spiro atoms. The summed E-state index contributed by atoms with van der Waals surface area (Å²) in [6.45, 7) is -0.0902. The van der Waals surface area contributed by atoms with Gasteiger partial charge >= 0.3 is 7.12 Å². The smallest absolute Gasteiger partial charge is 0.488 e. The summed E-state index contributed by atoms with van der Waals surface area (Å²) in [4.78, 5) is 0. The molecule has 2 aromatic carbocycles. The fourth-order valence-electron chi connectivity index (χ4n) is 1.86. The van der Waals surface area contributed by atoms with E-state index >= 15 is 0 Å². The molecule has 0 saturated heterocycles. The van der Waals surface area contributed by atoms with Crippen LogP contribution in [0.4, 0.5) is 8.78 Å². The van der Waals surface area contributed by atoms with Gasteiger partial charge < -0.3 is 19.5 Å². The minimum atomic E-state index is -1.68. The molecule has 7 heteroatoms. The molecule has 0 atom stereocenters. The van der Waals surface area contributed by atoms with E-state index in [0.717, 1.165) is 18.2 Å². The SMILES string of the molecule is COc1ccc(B(O)O)c(COc2cc(F)cc(F)c2)c1. The fourth-order valence-corrected chi connectivity index (χ4v) is 1.86. The third kappa shape index (κ3) is 3.93. The van der Waals surface area contributed by atoms with Crippen LogP contribution in [0, 0.1) is 11.6 Å². The first-order valence-corrected chi connectivity index (χ1v) is 6.11. The minimum absolute atomic E-state index is 0.00806. The highest BCUT2D eigenvalue weighted by Crippen LogP contribution is 2.18. The van der Waals surface area contributed by atoms with Crippen LogP contribution in [-0.4, -0.2) is 24.3 Å². The zero-order valence-electron chi connectivity index (χ0n) is 11.2. The highest BCUT2D eigenvalue weighted by molar-refractivity contribution is 6.59. The van der Waals surface area contributed by atoms with E-state index in [1.165, 1.54) is 13.2 Å². The van der Waals surface area contributed by atoms with Crippen molar-refractivity contribution in [2.45, 2.75) is 6.61 Å². The molecule has 2 N–H and O–H groups in total. The predicted octanol–water partition coefficient (Wildman–Crippen LogP) is 1.23. The molecule has 0 unspecified atom stereocenters. The maximum absolute atomic E-state index is 13.1. The van der Waals surface area contributed by atoms with E-state index in [2.05, 4.69) is 0 Å². The topological polar surface area (TPSA) is 58.9 Å². The molecule has 0 aliphatic carbocycles. The van der Waals surface area contributed by atoms with E-state index in [4.69, 9.17) is 9.47 Å². The third-order valence-corrected chi connectivity index (χ3v) is 2.86. The third-order valence-electron chi connectivity index (χ3n) is 2.86. The number of hydrogen-bond donors (Lipinski definition) is 2. The molecule has 0 fully saturated rings. The van der Waals surface area contributed by atoms with Crippen molar-refractivity contribution in [2.75, 3.05) is 7.11 Å². The monoisotopic (exact) mass is 294 g/mol. The van der Waals surface area contributed by atoms with Gasteiger partial charge in [0.25, 0.3) is 0 Å². The van der Waals surface area contributed by atoms with Crippen LogP contribution < -0.4 is 14.9 Å². The van der Waals surface area contributed by atoms with Gasteiger partial charge in [0, 0.05) is 18.2 Å². The molecule has 21 heavy (non-hydrogen) atoms. The van der Waals surface area contributed by atoms with Gasteiger partial charge in [-0.1, -0.05) is 6.07 Å². The van der Waals surface area contributed by atoms with Crippen LogP contribution in [-0.2, 0) is 6.61 Å². The van der Waals surface area contributed by atoms with Gasteiger partial charge in [0.2, 0.25) is 0 Å². The number of methoxy groups -OCH3 is 1. The van der Waals surface area contributed by atoms with Crippen molar-refractivity contribution in [3.8, 4) is 11.5 Å². The second kappa shape index (κ2) is 6.56. The van der Waals surface area contributed by atoms with E-state index in [1.54, 1.807) is 12.1 Å². The van der Waals surface area contributed by atoms with Crippen LogP contribution in [0.1, 0.15) is 5.56 Å². The lowest BCUT2D eigenvalue weighted by Gasteiger charge is -2.12. The number of hydrogen-bond acceptors (Lipinski definition) is 4. The van der Waals surface area contributed by atoms with Gasteiger partial charge in [-0.15, -0.1) is 0 Å². The Morgan fingerprint density at radius 2 is 1.67 bits per heavy atom. The van der Waals surface area contributed by atoms with E-state index in [9.17, 15) is 18.8 Å². The standard InChI is InChI=1S/C14H13BF2O4/c1-20-12-2-3-14(15(18)19)9(4-12)8-21-13-6-10(16)5-11(17)7-13/h2-7,18-19H,8H2,1H3. The summed E-state index contributed by atoms with van der Waals surface area (Å²) >= 11 is 0. The summed E-state index contributed by atoms with van der Waals surface area (Å²) in [6, 6.07) is 7.43. The van der Waals surface area contributed by atoms with E-state index in [1.807, 2.05) is 0 Å². The molecule has 2 aromatic rings. The molecule has 2 rings (SSSR count). The van der Waals surface area contributed by atoms with Crippen LogP contribution in [0.3, 0.4) is 0 Å². The molecule has 110 valence electrons. The molecule has 0 saturated carbocycles. The van der Waals surface area contributed by atoms with Gasteiger partial charge in [-0.2, -0.15) is 0 Å². The summed E-state index contributed by atoms with van der Waals surface area (Å²) in [5.74, 6) is -0.992. The van der Waals surface area contributed by atoms with Gasteiger partial charge in [-0.3, -0.25) is 0 Å². The van der Waals surface area contributed by atoms with Crippen LogP contribution >= 0.6 is 0 Å². The molecule has 0 heterocycles. The molecule has 0 bridgehead atoms. The maximum atomic E-state index is 13.1. The number of rotatable bonds is 5. The first-order chi connectivity index (χ1) is 9.99. The first kappa shape index (κ1) is 15.3. The summed E-state index contributed by atoms with van der Waals surface area (Å²) in [6.07, 6.45) is 0. The van der Waals surface area contributed by atoms with Crippen LogP contribution in [0.15, 0.2) is 36.4 Å². The second-order valence-corrected chi connectivity index (χ2v) is 4.33. The lowest BCUT2D eigenvalue weighted by Crippen LogP contribution is -2.33. The Hall–Kier alpha value is -2.12. The molecule has 0 aromatic heterocycles. The summed E-state index contributed by atoms with van der Waals surface area (Å²) in [7, 11) is -0.212. The summed E-state index contributed by atoms with van der Waals surface area (Å²) < 4.78 is 36.4. The Morgan fingerprint density at radius 1 is 1.00 bits per heavy atom. The Bertz CT molecular complexity index is 614. The van der Waals surface area contributed by atoms with Crippen molar-refractivity contribution in [1.82, 2.24) is 0 Å². The van der Waals surface area contributed by atoms with Crippen molar-refractivity contribution in [3.05, 3.63) is 53.6 Å². The van der Waals surface area contributed by atoms with Gasteiger partial charge in [-0.25, -0.2) is 8.78 Å². The number of benzene rings is 2. The van der Waals surface area contributed by atoms with E-state index in [0.29, 0.717) is 11.3 Å². The molecular formula is C14H13BF2O4. The van der Waals surface area contributed by atoms with Crippen LogP contribution in [0.25, 0.3) is 0 Å². The van der Waals surface area contributed by atoms with E-state index in [-0.39, 0.29) is 17.8 Å². The molecule has 4 nitrogen and oxygen atoms in total. The van der Waals surface area contributed by atoms with Crippen molar-refractivity contribution in [3.63, 3.8) is 0 Å². The molecule has 0 aliphatic heterocycles. The van der Waals surface area contributed by atoms with E-state index < -0.39 is 18.8 Å².